The third-order valence-electron chi connectivity index (χ3n) is 6.30. The second kappa shape index (κ2) is 10.7. The van der Waals surface area contributed by atoms with Crippen molar-refractivity contribution in [3.8, 4) is 0 Å². The maximum atomic E-state index is 12.7. The van der Waals surface area contributed by atoms with E-state index in [0.29, 0.717) is 11.1 Å². The van der Waals surface area contributed by atoms with Crippen LogP contribution in [-0.4, -0.2) is 47.6 Å². The summed E-state index contributed by atoms with van der Waals surface area (Å²) in [5.74, 6) is -0.526. The Morgan fingerprint density at radius 2 is 2.12 bits per heavy atom. The molecule has 34 heavy (non-hydrogen) atoms. The minimum Gasteiger partial charge on any atom is -0.456 e. The van der Waals surface area contributed by atoms with Gasteiger partial charge in [-0.25, -0.2) is 9.59 Å². The molecule has 2 aromatic heterocycles. The van der Waals surface area contributed by atoms with Gasteiger partial charge in [0.1, 0.15) is 18.4 Å². The average molecular weight is 599 g/mol. The van der Waals surface area contributed by atoms with Crippen LogP contribution in [0.4, 0.5) is 0 Å². The van der Waals surface area contributed by atoms with Crippen LogP contribution in [-0.2, 0) is 13.9 Å². The summed E-state index contributed by atoms with van der Waals surface area (Å²) in [7, 11) is -2.10. The predicted molar refractivity (Wildman–Crippen MR) is 139 cm³/mol. The van der Waals surface area contributed by atoms with Crippen LogP contribution < -0.4 is 11.2 Å². The molecule has 1 saturated heterocycles. The van der Waals surface area contributed by atoms with E-state index in [1.807, 2.05) is 22.6 Å². The number of hydrogen-bond acceptors (Lipinski definition) is 7. The van der Waals surface area contributed by atoms with Crippen molar-refractivity contribution in [3.63, 3.8) is 0 Å². The van der Waals surface area contributed by atoms with E-state index in [9.17, 15) is 14.4 Å². The van der Waals surface area contributed by atoms with E-state index in [4.69, 9.17) is 13.9 Å². The van der Waals surface area contributed by atoms with Crippen molar-refractivity contribution in [3.05, 3.63) is 66.8 Å². The van der Waals surface area contributed by atoms with Crippen LogP contribution in [0.25, 0.3) is 6.08 Å². The number of halogens is 1. The molecule has 0 radical (unpaired) electrons. The number of rotatable bonds is 7. The van der Waals surface area contributed by atoms with Gasteiger partial charge in [-0.3, -0.25) is 19.3 Å². The molecule has 3 heterocycles. The van der Waals surface area contributed by atoms with Crippen LogP contribution in [0.1, 0.15) is 49.3 Å². The van der Waals surface area contributed by atoms with Crippen molar-refractivity contribution in [2.75, 3.05) is 6.61 Å². The molecule has 0 saturated carbocycles. The Morgan fingerprint density at radius 3 is 2.74 bits per heavy atom. The van der Waals surface area contributed by atoms with Gasteiger partial charge >= 0.3 is 11.7 Å². The smallest absolute Gasteiger partial charge is 0.340 e. The topological polar surface area (TPSA) is 113 Å². The first-order chi connectivity index (χ1) is 15.9. The summed E-state index contributed by atoms with van der Waals surface area (Å²) in [6.07, 6.45) is 4.34. The van der Waals surface area contributed by atoms with Gasteiger partial charge in [-0.1, -0.05) is 43.4 Å². The molecule has 1 fully saturated rings. The van der Waals surface area contributed by atoms with Gasteiger partial charge in [-0.15, -0.1) is 0 Å². The zero-order chi connectivity index (χ0) is 25.1. The highest BCUT2D eigenvalue weighted by atomic mass is 127. The second-order valence-corrected chi connectivity index (χ2v) is 15.2. The highest BCUT2D eigenvalue weighted by Crippen LogP contribution is 2.38. The van der Waals surface area contributed by atoms with Gasteiger partial charge < -0.3 is 13.9 Å². The molecule has 3 rings (SSSR count). The van der Waals surface area contributed by atoms with E-state index in [2.05, 4.69) is 43.8 Å². The van der Waals surface area contributed by atoms with Crippen molar-refractivity contribution >= 4 is 43.0 Å². The lowest BCUT2D eigenvalue weighted by Crippen LogP contribution is -2.44. The van der Waals surface area contributed by atoms with E-state index < -0.39 is 44.0 Å². The summed E-state index contributed by atoms with van der Waals surface area (Å²) in [6.45, 7) is 10.9. The molecule has 1 aliphatic rings. The summed E-state index contributed by atoms with van der Waals surface area (Å²) in [5, 5.41) is -0.0105. The SMILES string of the molecule is CC(C)(C)[Si](C)(C)OC[C@H]1O[C@@H](n2cc(/C=C/I)c(=O)[nH]c2=O)C[C@@H]1OC(=O)c1cccnc1. The van der Waals surface area contributed by atoms with Crippen molar-refractivity contribution < 1.29 is 18.7 Å². The molecular weight excluding hydrogens is 569 g/mol. The van der Waals surface area contributed by atoms with Gasteiger partial charge in [0.05, 0.1) is 17.7 Å². The van der Waals surface area contributed by atoms with Gasteiger partial charge in [-0.2, -0.15) is 0 Å². The van der Waals surface area contributed by atoms with Gasteiger partial charge in [-0.05, 0) is 40.4 Å². The average Bonchev–Trinajstić information content (AvgIpc) is 3.16. The second-order valence-electron chi connectivity index (χ2n) is 9.67. The predicted octanol–water partition coefficient (Wildman–Crippen LogP) is 3.87. The third kappa shape index (κ3) is 6.12. The molecule has 3 atom stereocenters. The van der Waals surface area contributed by atoms with E-state index in [0.717, 1.165) is 0 Å². The van der Waals surface area contributed by atoms with Gasteiger partial charge in [0.15, 0.2) is 8.32 Å². The standard InChI is InChI=1S/C23H30IN3O6Si/c1-23(2,3)34(4,5)31-14-18-17(33-21(29)15-7-6-10-25-12-15)11-19(32-18)27-13-16(8-9-24)20(28)26-22(27)30/h6-10,12-13,17-19H,11,14H2,1-5H3,(H,26,28,30)/b9-8+/t17-,18+,19+/m0/s1. The molecule has 1 N–H and O–H groups in total. The number of aromatic nitrogens is 3. The van der Waals surface area contributed by atoms with E-state index in [-0.39, 0.29) is 18.1 Å². The van der Waals surface area contributed by atoms with Crippen LogP contribution in [0, 0.1) is 0 Å². The van der Waals surface area contributed by atoms with Gasteiger partial charge in [0.2, 0.25) is 0 Å². The van der Waals surface area contributed by atoms with Crippen molar-refractivity contribution in [1.82, 2.24) is 14.5 Å². The number of pyridine rings is 1. The molecule has 0 aromatic carbocycles. The molecule has 2 aromatic rings. The molecule has 0 bridgehead atoms. The fourth-order valence-corrected chi connectivity index (χ4v) is 4.64. The Kier molecular flexibility index (Phi) is 8.32. The summed E-state index contributed by atoms with van der Waals surface area (Å²) >= 11 is 2.00. The zero-order valence-electron chi connectivity index (χ0n) is 19.9. The number of carbonyl (C=O) groups is 1. The zero-order valence-corrected chi connectivity index (χ0v) is 23.1. The first kappa shape index (κ1) is 26.5. The minimum atomic E-state index is -2.10. The number of H-pyrrole nitrogens is 1. The maximum absolute atomic E-state index is 12.7. The number of ether oxygens (including phenoxy) is 2. The summed E-state index contributed by atoms with van der Waals surface area (Å²) < 4.78 is 21.3. The molecule has 0 spiro atoms. The van der Waals surface area contributed by atoms with Gasteiger partial charge in [0.25, 0.3) is 5.56 Å². The molecule has 11 heteroatoms. The Hall–Kier alpha value is -2.09. The van der Waals surface area contributed by atoms with Crippen molar-refractivity contribution in [1.29, 1.82) is 0 Å². The van der Waals surface area contributed by atoms with E-state index in [1.54, 1.807) is 28.5 Å². The fourth-order valence-electron chi connectivity index (χ4n) is 3.24. The molecule has 0 aliphatic carbocycles. The quantitative estimate of drug-likeness (QED) is 0.292. The van der Waals surface area contributed by atoms with Crippen LogP contribution in [0.5, 0.6) is 0 Å². The van der Waals surface area contributed by atoms with E-state index in [1.165, 1.54) is 17.0 Å². The van der Waals surface area contributed by atoms with Crippen LogP contribution in [0.2, 0.25) is 18.1 Å². The van der Waals surface area contributed by atoms with Crippen LogP contribution in [0.15, 0.2) is 44.4 Å². The lowest BCUT2D eigenvalue weighted by atomic mass is 10.2. The Bertz CT molecular complexity index is 1160. The third-order valence-corrected chi connectivity index (χ3v) is 11.2. The normalized spacial score (nSPS) is 21.2. The first-order valence-electron chi connectivity index (χ1n) is 11.0. The van der Waals surface area contributed by atoms with Crippen LogP contribution in [0.3, 0.4) is 0 Å². The monoisotopic (exact) mass is 599 g/mol. The fraction of sp³-hybridized carbons (Fsp3) is 0.478. The number of nitrogens with zero attached hydrogens (tertiary/aromatic N) is 2. The maximum Gasteiger partial charge on any atom is 0.340 e. The lowest BCUT2D eigenvalue weighted by Gasteiger charge is -2.37. The summed E-state index contributed by atoms with van der Waals surface area (Å²) in [4.78, 5) is 43.6. The summed E-state index contributed by atoms with van der Waals surface area (Å²) in [6, 6.07) is 3.28. The highest BCUT2D eigenvalue weighted by Gasteiger charge is 2.43. The Labute approximate surface area is 212 Å². The molecule has 1 aliphatic heterocycles. The number of carbonyl (C=O) groups excluding carboxylic acids is 1. The Balaban J connectivity index is 1.87. The largest absolute Gasteiger partial charge is 0.456 e. The summed E-state index contributed by atoms with van der Waals surface area (Å²) in [5.41, 5.74) is -0.429. The molecule has 0 amide bonds. The van der Waals surface area contributed by atoms with E-state index >= 15 is 0 Å². The molecule has 184 valence electrons. The minimum absolute atomic E-state index is 0.0105. The lowest BCUT2D eigenvalue weighted by molar-refractivity contribution is -0.0498. The van der Waals surface area contributed by atoms with Gasteiger partial charge in [0, 0.05) is 25.0 Å². The molecule has 0 unspecified atom stereocenters. The Morgan fingerprint density at radius 1 is 1.38 bits per heavy atom. The highest BCUT2D eigenvalue weighted by molar-refractivity contribution is 14.1. The van der Waals surface area contributed by atoms with Crippen LogP contribution >= 0.6 is 22.6 Å². The van der Waals surface area contributed by atoms with Crippen molar-refractivity contribution in [2.24, 2.45) is 0 Å². The number of nitrogens with one attached hydrogen (secondary N) is 1. The van der Waals surface area contributed by atoms with Crippen molar-refractivity contribution in [2.45, 2.75) is 63.8 Å². The number of hydrogen-bond donors (Lipinski definition) is 1. The molecular formula is C23H30IN3O6Si. The first-order valence-corrected chi connectivity index (χ1v) is 15.1. The number of aromatic amines is 1. The number of esters is 1. The molecule has 9 nitrogen and oxygen atoms in total.